The molecule has 0 radical (unpaired) electrons. The number of Topliss-reactive ketones (excluding diaryl/α,β-unsaturated/α-hetero) is 1. The van der Waals surface area contributed by atoms with E-state index < -0.39 is 11.6 Å². The van der Waals surface area contributed by atoms with Crippen molar-refractivity contribution in [2.75, 3.05) is 11.5 Å². The second kappa shape index (κ2) is 10.9. The van der Waals surface area contributed by atoms with Crippen LogP contribution in [0.4, 0.5) is 0 Å². The van der Waals surface area contributed by atoms with Crippen LogP contribution in [0.3, 0.4) is 0 Å². The van der Waals surface area contributed by atoms with Gasteiger partial charge in [-0.15, -0.1) is 0 Å². The Morgan fingerprint density at radius 1 is 1.38 bits per heavy atom. The highest BCUT2D eigenvalue weighted by Gasteiger charge is 2.32. The van der Waals surface area contributed by atoms with Gasteiger partial charge in [0, 0.05) is 12.3 Å². The van der Waals surface area contributed by atoms with E-state index >= 15 is 0 Å². The smallest absolute Gasteiger partial charge is 0.313 e. The first-order valence-electron chi connectivity index (χ1n) is 9.09. The summed E-state index contributed by atoms with van der Waals surface area (Å²) in [6.07, 6.45) is 11.2. The zero-order chi connectivity index (χ0) is 18.0. The molecule has 0 heterocycles. The topological polar surface area (TPSA) is 74.6 Å². The predicted octanol–water partition coefficient (Wildman–Crippen LogP) is 4.07. The molecule has 0 aromatic carbocycles. The van der Waals surface area contributed by atoms with Crippen molar-refractivity contribution in [3.63, 3.8) is 0 Å². The molecule has 1 aliphatic rings. The third-order valence-corrected chi connectivity index (χ3v) is 5.70. The van der Waals surface area contributed by atoms with E-state index in [1.165, 1.54) is 11.8 Å². The number of allylic oxidation sites excluding steroid dienone is 1. The quantitative estimate of drug-likeness (QED) is 0.407. The van der Waals surface area contributed by atoms with Gasteiger partial charge in [-0.3, -0.25) is 9.59 Å². The lowest BCUT2D eigenvalue weighted by Gasteiger charge is -2.21. The second-order valence-corrected chi connectivity index (χ2v) is 8.14. The molecule has 1 unspecified atom stereocenters. The third kappa shape index (κ3) is 8.34. The van der Waals surface area contributed by atoms with Crippen LogP contribution < -0.4 is 0 Å². The minimum atomic E-state index is -0.789. The van der Waals surface area contributed by atoms with Crippen LogP contribution in [-0.4, -0.2) is 39.1 Å². The predicted molar refractivity (Wildman–Crippen MR) is 99.3 cm³/mol. The molecule has 0 amide bonds. The molecule has 0 aromatic heterocycles. The molecule has 1 rings (SSSR count). The van der Waals surface area contributed by atoms with Gasteiger partial charge in [-0.2, -0.15) is 11.8 Å². The van der Waals surface area contributed by atoms with Crippen LogP contribution in [0.15, 0.2) is 12.2 Å². The van der Waals surface area contributed by atoms with Gasteiger partial charge in [-0.1, -0.05) is 38.3 Å². The molecule has 5 heteroatoms. The molecule has 138 valence electrons. The number of hydrogen-bond donors (Lipinski definition) is 2. The summed E-state index contributed by atoms with van der Waals surface area (Å²) in [7, 11) is 0. The van der Waals surface area contributed by atoms with Crippen LogP contribution >= 0.6 is 11.8 Å². The summed E-state index contributed by atoms with van der Waals surface area (Å²) in [6, 6.07) is 0. The second-order valence-electron chi connectivity index (χ2n) is 7.04. The molecule has 0 aliphatic heterocycles. The zero-order valence-electron chi connectivity index (χ0n) is 15.0. The normalized spacial score (nSPS) is 23.7. The van der Waals surface area contributed by atoms with E-state index in [-0.39, 0.29) is 17.6 Å². The van der Waals surface area contributed by atoms with E-state index in [1.54, 1.807) is 0 Å². The summed E-state index contributed by atoms with van der Waals surface area (Å²) in [4.78, 5) is 22.6. The van der Waals surface area contributed by atoms with Crippen molar-refractivity contribution in [2.24, 2.45) is 11.8 Å². The first kappa shape index (κ1) is 21.2. The molecule has 0 saturated heterocycles. The molecule has 2 N–H and O–H groups in total. The van der Waals surface area contributed by atoms with Crippen molar-refractivity contribution in [2.45, 2.75) is 70.8 Å². The number of carboxylic acids is 1. The fraction of sp³-hybridized carbons (Fsp3) is 0.789. The van der Waals surface area contributed by atoms with Crippen LogP contribution in [-0.2, 0) is 9.59 Å². The number of carboxylic acid groups (broad SMARTS) is 1. The fourth-order valence-corrected chi connectivity index (χ4v) is 3.94. The highest BCUT2D eigenvalue weighted by atomic mass is 32.2. The van der Waals surface area contributed by atoms with E-state index in [0.717, 1.165) is 50.7 Å². The van der Waals surface area contributed by atoms with Crippen molar-refractivity contribution in [3.05, 3.63) is 12.2 Å². The lowest BCUT2D eigenvalue weighted by molar-refractivity contribution is -0.134. The molecular weight excluding hydrogens is 324 g/mol. The van der Waals surface area contributed by atoms with Crippen molar-refractivity contribution in [1.82, 2.24) is 0 Å². The molecule has 24 heavy (non-hydrogen) atoms. The van der Waals surface area contributed by atoms with Gasteiger partial charge >= 0.3 is 5.97 Å². The summed E-state index contributed by atoms with van der Waals surface area (Å²) in [5.74, 6) is 0.698. The summed E-state index contributed by atoms with van der Waals surface area (Å²) in [6.45, 7) is 3.99. The Balaban J connectivity index is 2.43. The van der Waals surface area contributed by atoms with Gasteiger partial charge < -0.3 is 10.2 Å². The fourth-order valence-electron chi connectivity index (χ4n) is 3.25. The number of hydrogen-bond acceptors (Lipinski definition) is 4. The lowest BCUT2D eigenvalue weighted by Crippen LogP contribution is -2.21. The molecule has 3 atom stereocenters. The summed E-state index contributed by atoms with van der Waals surface area (Å²) < 4.78 is 0. The Kier molecular flexibility index (Phi) is 9.67. The van der Waals surface area contributed by atoms with Crippen LogP contribution in [0.25, 0.3) is 0 Å². The SMILES string of the molecule is CCCCC[C@](C)(O)/C=C/C1CCC(=O)[C@@H]1CCCSCC(=O)O. The molecule has 0 bridgehead atoms. The summed E-state index contributed by atoms with van der Waals surface area (Å²) >= 11 is 1.41. The molecule has 0 spiro atoms. The minimum Gasteiger partial charge on any atom is -0.481 e. The van der Waals surface area contributed by atoms with Gasteiger partial charge in [0.25, 0.3) is 0 Å². The maximum absolute atomic E-state index is 12.1. The Labute approximate surface area is 150 Å². The Morgan fingerprint density at radius 3 is 2.79 bits per heavy atom. The number of rotatable bonds is 12. The number of ketones is 1. The van der Waals surface area contributed by atoms with E-state index in [2.05, 4.69) is 6.92 Å². The van der Waals surface area contributed by atoms with E-state index in [1.807, 2.05) is 19.1 Å². The number of aliphatic hydroxyl groups is 1. The number of thioether (sulfide) groups is 1. The minimum absolute atomic E-state index is 0.0399. The number of aliphatic carboxylic acids is 1. The molecule has 1 saturated carbocycles. The molecule has 4 nitrogen and oxygen atoms in total. The maximum atomic E-state index is 12.1. The highest BCUT2D eigenvalue weighted by molar-refractivity contribution is 7.99. The van der Waals surface area contributed by atoms with Crippen molar-refractivity contribution >= 4 is 23.5 Å². The van der Waals surface area contributed by atoms with Crippen molar-refractivity contribution < 1.29 is 19.8 Å². The average Bonchev–Trinajstić information content (AvgIpc) is 2.85. The van der Waals surface area contributed by atoms with Crippen molar-refractivity contribution in [3.8, 4) is 0 Å². The van der Waals surface area contributed by atoms with E-state index in [9.17, 15) is 14.7 Å². The van der Waals surface area contributed by atoms with Crippen molar-refractivity contribution in [1.29, 1.82) is 0 Å². The first-order chi connectivity index (χ1) is 11.4. The van der Waals surface area contributed by atoms with Gasteiger partial charge in [-0.25, -0.2) is 0 Å². The van der Waals surface area contributed by atoms with Crippen LogP contribution in [0, 0.1) is 11.8 Å². The number of carbonyl (C=O) groups is 2. The van der Waals surface area contributed by atoms with Gasteiger partial charge in [-0.05, 0) is 44.3 Å². The summed E-state index contributed by atoms with van der Waals surface area (Å²) in [5.41, 5.74) is -0.789. The van der Waals surface area contributed by atoms with Crippen LogP contribution in [0.2, 0.25) is 0 Å². The van der Waals surface area contributed by atoms with Crippen LogP contribution in [0.1, 0.15) is 65.2 Å². The Morgan fingerprint density at radius 2 is 2.12 bits per heavy atom. The standard InChI is InChI=1S/C19H32O4S/c1-3-4-5-11-19(2,23)12-10-15-8-9-17(20)16(15)7-6-13-24-14-18(21)22/h10,12,15-16,23H,3-9,11,13-14H2,1-2H3,(H,21,22)/b12-10+/t15?,16-,19+/m1/s1. The largest absolute Gasteiger partial charge is 0.481 e. The van der Waals surface area contributed by atoms with Crippen LogP contribution in [0.5, 0.6) is 0 Å². The average molecular weight is 357 g/mol. The summed E-state index contributed by atoms with van der Waals surface area (Å²) in [5, 5.41) is 19.0. The van der Waals surface area contributed by atoms with Gasteiger partial charge in [0.2, 0.25) is 0 Å². The first-order valence-corrected chi connectivity index (χ1v) is 10.2. The Bertz CT molecular complexity index is 431. The van der Waals surface area contributed by atoms with E-state index in [0.29, 0.717) is 12.2 Å². The molecule has 1 fully saturated rings. The Hall–Kier alpha value is -0.810. The highest BCUT2D eigenvalue weighted by Crippen LogP contribution is 2.34. The van der Waals surface area contributed by atoms with E-state index in [4.69, 9.17) is 5.11 Å². The molecular formula is C19H32O4S. The number of unbranched alkanes of at least 4 members (excludes halogenated alkanes) is 2. The van der Waals surface area contributed by atoms with Gasteiger partial charge in [0.05, 0.1) is 11.4 Å². The molecule has 1 aliphatic carbocycles. The molecule has 0 aromatic rings. The lowest BCUT2D eigenvalue weighted by atomic mass is 9.88. The maximum Gasteiger partial charge on any atom is 0.313 e. The van der Waals surface area contributed by atoms with Gasteiger partial charge in [0.15, 0.2) is 0 Å². The third-order valence-electron chi connectivity index (χ3n) is 4.67. The van der Waals surface area contributed by atoms with Gasteiger partial charge in [0.1, 0.15) is 5.78 Å². The monoisotopic (exact) mass is 356 g/mol. The number of carbonyl (C=O) groups excluding carboxylic acids is 1. The zero-order valence-corrected chi connectivity index (χ0v) is 15.8.